The Balaban J connectivity index is 3.33. The Labute approximate surface area is 124 Å². The summed E-state index contributed by atoms with van der Waals surface area (Å²) in [6, 6.07) is 1.53. The molecule has 1 aromatic rings. The number of nitro groups is 1. The van der Waals surface area contributed by atoms with Crippen molar-refractivity contribution in [3.05, 3.63) is 33.4 Å². The molecule has 1 atom stereocenters. The number of benzene rings is 1. The first-order valence-electron chi connectivity index (χ1n) is 6.25. The highest BCUT2D eigenvalue weighted by Crippen LogP contribution is 2.38. The summed E-state index contributed by atoms with van der Waals surface area (Å²) in [5, 5.41) is 19.9. The standard InChI is InChI=1S/C13H15F3N2O4/c1-7-4-10(17(3)6-8(2)12(19)20)11(18(21)22)5-9(7)13(14,15)16/h4-5,8H,6H2,1-3H3,(H,19,20). The summed E-state index contributed by atoms with van der Waals surface area (Å²) in [5.41, 5.74) is -2.01. The number of alkyl halides is 3. The van der Waals surface area contributed by atoms with E-state index in [1.54, 1.807) is 0 Å². The Morgan fingerprint density at radius 2 is 2.00 bits per heavy atom. The first-order chi connectivity index (χ1) is 9.95. The Hall–Kier alpha value is -2.32. The highest BCUT2D eigenvalue weighted by molar-refractivity contribution is 5.72. The molecule has 0 heterocycles. The van der Waals surface area contributed by atoms with Crippen LogP contribution in [-0.4, -0.2) is 29.6 Å². The maximum atomic E-state index is 12.8. The number of anilines is 1. The van der Waals surface area contributed by atoms with Crippen LogP contribution in [-0.2, 0) is 11.0 Å². The summed E-state index contributed by atoms with van der Waals surface area (Å²) in [7, 11) is 1.40. The third-order valence-corrected chi connectivity index (χ3v) is 3.20. The van der Waals surface area contributed by atoms with Gasteiger partial charge in [0, 0.05) is 19.7 Å². The maximum absolute atomic E-state index is 12.8. The average Bonchev–Trinajstić information content (AvgIpc) is 2.36. The fourth-order valence-electron chi connectivity index (χ4n) is 2.03. The predicted octanol–water partition coefficient (Wildman–Crippen LogP) is 3.08. The van der Waals surface area contributed by atoms with Crippen molar-refractivity contribution in [2.75, 3.05) is 18.5 Å². The van der Waals surface area contributed by atoms with Gasteiger partial charge in [-0.05, 0) is 18.6 Å². The van der Waals surface area contributed by atoms with E-state index in [1.165, 1.54) is 25.8 Å². The molecule has 0 amide bonds. The number of nitro benzene ring substituents is 1. The highest BCUT2D eigenvalue weighted by atomic mass is 19.4. The molecular formula is C13H15F3N2O4. The second-order valence-electron chi connectivity index (χ2n) is 5.03. The van der Waals surface area contributed by atoms with Crippen molar-refractivity contribution in [3.8, 4) is 0 Å². The molecule has 0 aromatic heterocycles. The smallest absolute Gasteiger partial charge is 0.416 e. The molecule has 1 unspecified atom stereocenters. The van der Waals surface area contributed by atoms with Crippen LogP contribution in [0.2, 0.25) is 0 Å². The molecule has 1 rings (SSSR count). The molecule has 1 N–H and O–H groups in total. The maximum Gasteiger partial charge on any atom is 0.416 e. The first kappa shape index (κ1) is 17.7. The number of aryl methyl sites for hydroxylation is 1. The van der Waals surface area contributed by atoms with Crippen molar-refractivity contribution >= 4 is 17.3 Å². The molecule has 9 heteroatoms. The zero-order chi connectivity index (χ0) is 17.2. The van der Waals surface area contributed by atoms with E-state index in [0.29, 0.717) is 6.07 Å². The number of rotatable bonds is 5. The SMILES string of the molecule is Cc1cc(N(C)CC(C)C(=O)O)c([N+](=O)[O-])cc1C(F)(F)F. The lowest BCUT2D eigenvalue weighted by atomic mass is 10.0. The molecule has 1 aromatic carbocycles. The number of carboxylic acids is 1. The molecule has 0 aliphatic rings. The average molecular weight is 320 g/mol. The lowest BCUT2D eigenvalue weighted by molar-refractivity contribution is -0.384. The Bertz CT molecular complexity index is 602. The van der Waals surface area contributed by atoms with Gasteiger partial charge in [0.25, 0.3) is 5.69 Å². The molecule has 0 spiro atoms. The van der Waals surface area contributed by atoms with Gasteiger partial charge >= 0.3 is 12.1 Å². The van der Waals surface area contributed by atoms with Crippen LogP contribution in [0.15, 0.2) is 12.1 Å². The monoisotopic (exact) mass is 320 g/mol. The van der Waals surface area contributed by atoms with Crippen LogP contribution in [0, 0.1) is 23.0 Å². The van der Waals surface area contributed by atoms with E-state index in [2.05, 4.69) is 0 Å². The first-order valence-corrected chi connectivity index (χ1v) is 6.25. The molecule has 0 saturated heterocycles. The molecule has 6 nitrogen and oxygen atoms in total. The molecule has 22 heavy (non-hydrogen) atoms. The van der Waals surface area contributed by atoms with Crippen molar-refractivity contribution in [1.29, 1.82) is 0 Å². The lowest BCUT2D eigenvalue weighted by Crippen LogP contribution is -2.29. The van der Waals surface area contributed by atoms with Crippen molar-refractivity contribution in [2.24, 2.45) is 5.92 Å². The van der Waals surface area contributed by atoms with Crippen molar-refractivity contribution in [2.45, 2.75) is 20.0 Å². The molecule has 0 bridgehead atoms. The molecular weight excluding hydrogens is 305 g/mol. The van der Waals surface area contributed by atoms with Gasteiger partial charge < -0.3 is 10.0 Å². The molecule has 0 aliphatic heterocycles. The van der Waals surface area contributed by atoms with Gasteiger partial charge in [0.05, 0.1) is 16.4 Å². The lowest BCUT2D eigenvalue weighted by Gasteiger charge is -2.22. The zero-order valence-electron chi connectivity index (χ0n) is 12.1. The number of hydrogen-bond donors (Lipinski definition) is 1. The van der Waals surface area contributed by atoms with Gasteiger partial charge in [-0.25, -0.2) is 0 Å². The van der Waals surface area contributed by atoms with Crippen LogP contribution in [0.5, 0.6) is 0 Å². The number of halogens is 3. The fraction of sp³-hybridized carbons (Fsp3) is 0.462. The number of nitrogens with zero attached hydrogens (tertiary/aromatic N) is 2. The summed E-state index contributed by atoms with van der Waals surface area (Å²) >= 11 is 0. The summed E-state index contributed by atoms with van der Waals surface area (Å²) in [4.78, 5) is 22.2. The van der Waals surface area contributed by atoms with Gasteiger partial charge in [-0.2, -0.15) is 13.2 Å². The molecule has 0 saturated carbocycles. The molecule has 0 fully saturated rings. The fourth-order valence-corrected chi connectivity index (χ4v) is 2.03. The molecule has 0 aliphatic carbocycles. The molecule has 0 radical (unpaired) electrons. The van der Waals surface area contributed by atoms with E-state index in [-0.39, 0.29) is 17.8 Å². The van der Waals surface area contributed by atoms with E-state index < -0.39 is 34.2 Å². The van der Waals surface area contributed by atoms with Crippen molar-refractivity contribution < 1.29 is 28.0 Å². The summed E-state index contributed by atoms with van der Waals surface area (Å²) in [5.74, 6) is -1.93. The van der Waals surface area contributed by atoms with E-state index >= 15 is 0 Å². The topological polar surface area (TPSA) is 83.7 Å². The van der Waals surface area contributed by atoms with Gasteiger partial charge in [0.1, 0.15) is 5.69 Å². The van der Waals surface area contributed by atoms with Crippen LogP contribution in [0.4, 0.5) is 24.5 Å². The number of hydrogen-bond acceptors (Lipinski definition) is 4. The zero-order valence-corrected chi connectivity index (χ0v) is 12.1. The largest absolute Gasteiger partial charge is 0.481 e. The quantitative estimate of drug-likeness (QED) is 0.666. The second kappa shape index (κ2) is 6.20. The highest BCUT2D eigenvalue weighted by Gasteiger charge is 2.35. The number of carboxylic acid groups (broad SMARTS) is 1. The minimum Gasteiger partial charge on any atom is -0.481 e. The second-order valence-corrected chi connectivity index (χ2v) is 5.03. The van der Waals surface area contributed by atoms with Gasteiger partial charge in [-0.1, -0.05) is 6.92 Å². The van der Waals surface area contributed by atoms with Crippen molar-refractivity contribution in [1.82, 2.24) is 0 Å². The van der Waals surface area contributed by atoms with Crippen LogP contribution < -0.4 is 4.90 Å². The minimum absolute atomic E-state index is 0.0522. The van der Waals surface area contributed by atoms with Gasteiger partial charge in [-0.15, -0.1) is 0 Å². The van der Waals surface area contributed by atoms with Crippen LogP contribution >= 0.6 is 0 Å². The Kier molecular flexibility index (Phi) is 5.00. The summed E-state index contributed by atoms with van der Waals surface area (Å²) in [6.45, 7) is 2.53. The van der Waals surface area contributed by atoms with Gasteiger partial charge in [0.2, 0.25) is 0 Å². The minimum atomic E-state index is -4.69. The predicted molar refractivity (Wildman–Crippen MR) is 72.9 cm³/mol. The van der Waals surface area contributed by atoms with Crippen molar-refractivity contribution in [3.63, 3.8) is 0 Å². The normalized spacial score (nSPS) is 12.8. The summed E-state index contributed by atoms with van der Waals surface area (Å²) in [6.07, 6.45) is -4.69. The summed E-state index contributed by atoms with van der Waals surface area (Å²) < 4.78 is 38.5. The van der Waals surface area contributed by atoms with Crippen LogP contribution in [0.1, 0.15) is 18.1 Å². The number of aliphatic carboxylic acids is 1. The van der Waals surface area contributed by atoms with E-state index in [0.717, 1.165) is 6.07 Å². The third-order valence-electron chi connectivity index (χ3n) is 3.20. The third kappa shape index (κ3) is 3.86. The van der Waals surface area contributed by atoms with E-state index in [1.807, 2.05) is 0 Å². The Morgan fingerprint density at radius 3 is 2.41 bits per heavy atom. The number of carbonyl (C=O) groups is 1. The molecule has 122 valence electrons. The van der Waals surface area contributed by atoms with E-state index in [4.69, 9.17) is 5.11 Å². The van der Waals surface area contributed by atoms with Gasteiger partial charge in [-0.3, -0.25) is 14.9 Å². The van der Waals surface area contributed by atoms with Crippen LogP contribution in [0.3, 0.4) is 0 Å². The van der Waals surface area contributed by atoms with Crippen LogP contribution in [0.25, 0.3) is 0 Å². The van der Waals surface area contributed by atoms with E-state index in [9.17, 15) is 28.1 Å². The Morgan fingerprint density at radius 1 is 1.45 bits per heavy atom. The van der Waals surface area contributed by atoms with Gasteiger partial charge in [0.15, 0.2) is 0 Å².